The molecule has 1 atom stereocenters. The molecule has 1 unspecified atom stereocenters. The quantitative estimate of drug-likeness (QED) is 0.852. The van der Waals surface area contributed by atoms with Crippen LogP contribution in [0.5, 0.6) is 0 Å². The number of rotatable bonds is 4. The molecule has 0 spiro atoms. The highest BCUT2D eigenvalue weighted by Crippen LogP contribution is 2.15. The number of nitrogens with one attached hydrogen (secondary N) is 1. The zero-order chi connectivity index (χ0) is 12.1. The second kappa shape index (κ2) is 6.35. The summed E-state index contributed by atoms with van der Waals surface area (Å²) in [5, 5.41) is 2.95. The maximum Gasteiger partial charge on any atom is 0.251 e. The maximum absolute atomic E-state index is 11.8. The Labute approximate surface area is 115 Å². The van der Waals surface area contributed by atoms with Crippen molar-refractivity contribution >= 4 is 28.5 Å². The predicted molar refractivity (Wildman–Crippen MR) is 75.0 cm³/mol. The van der Waals surface area contributed by atoms with Crippen LogP contribution in [0.2, 0.25) is 0 Å². The summed E-state index contributed by atoms with van der Waals surface area (Å²) in [6.45, 7) is 2.45. The molecule has 1 amide bonds. The minimum Gasteiger partial charge on any atom is -0.381 e. The van der Waals surface area contributed by atoms with Crippen molar-refractivity contribution in [1.29, 1.82) is 0 Å². The molecule has 0 aliphatic carbocycles. The minimum atomic E-state index is 0.0142. The van der Waals surface area contributed by atoms with Gasteiger partial charge in [0.05, 0.1) is 0 Å². The van der Waals surface area contributed by atoms with Crippen LogP contribution in [0.3, 0.4) is 0 Å². The Balaban J connectivity index is 1.75. The fourth-order valence-corrected chi connectivity index (χ4v) is 2.26. The summed E-state index contributed by atoms with van der Waals surface area (Å²) in [7, 11) is 0. The summed E-state index contributed by atoms with van der Waals surface area (Å²) in [5.41, 5.74) is 0.730. The molecule has 17 heavy (non-hydrogen) atoms. The van der Waals surface area contributed by atoms with Crippen LogP contribution in [-0.4, -0.2) is 25.7 Å². The number of carbonyl (C=O) groups is 1. The highest BCUT2D eigenvalue weighted by molar-refractivity contribution is 14.1. The van der Waals surface area contributed by atoms with Crippen LogP contribution in [0, 0.1) is 9.49 Å². The van der Waals surface area contributed by atoms with Gasteiger partial charge in [-0.15, -0.1) is 0 Å². The first-order chi connectivity index (χ1) is 8.25. The molecule has 0 radical (unpaired) electrons. The smallest absolute Gasteiger partial charge is 0.251 e. The SMILES string of the molecule is O=C(NCCC1CCOC1)c1ccc(I)cc1. The molecule has 4 heteroatoms. The van der Waals surface area contributed by atoms with Gasteiger partial charge in [0.25, 0.3) is 5.91 Å². The molecular weight excluding hydrogens is 329 g/mol. The minimum absolute atomic E-state index is 0.0142. The summed E-state index contributed by atoms with van der Waals surface area (Å²) < 4.78 is 6.44. The van der Waals surface area contributed by atoms with Crippen LogP contribution in [0.25, 0.3) is 0 Å². The molecule has 1 N–H and O–H groups in total. The molecule has 2 rings (SSSR count). The van der Waals surface area contributed by atoms with Crippen LogP contribution in [0.15, 0.2) is 24.3 Å². The molecule has 1 aromatic rings. The van der Waals surface area contributed by atoms with Crippen molar-refractivity contribution in [2.45, 2.75) is 12.8 Å². The second-order valence-electron chi connectivity index (χ2n) is 4.28. The van der Waals surface area contributed by atoms with Crippen LogP contribution >= 0.6 is 22.6 Å². The van der Waals surface area contributed by atoms with Gasteiger partial charge in [0, 0.05) is 28.9 Å². The van der Waals surface area contributed by atoms with Gasteiger partial charge in [-0.05, 0) is 65.6 Å². The van der Waals surface area contributed by atoms with Crippen molar-refractivity contribution in [3.63, 3.8) is 0 Å². The van der Waals surface area contributed by atoms with Crippen molar-refractivity contribution < 1.29 is 9.53 Å². The number of amides is 1. The number of carbonyl (C=O) groups excluding carboxylic acids is 1. The van der Waals surface area contributed by atoms with E-state index >= 15 is 0 Å². The van der Waals surface area contributed by atoms with E-state index in [-0.39, 0.29) is 5.91 Å². The lowest BCUT2D eigenvalue weighted by molar-refractivity contribution is 0.0950. The molecule has 1 aliphatic heterocycles. The zero-order valence-corrected chi connectivity index (χ0v) is 11.8. The van der Waals surface area contributed by atoms with E-state index in [9.17, 15) is 4.79 Å². The van der Waals surface area contributed by atoms with Crippen LogP contribution in [-0.2, 0) is 4.74 Å². The predicted octanol–water partition coefficient (Wildman–Crippen LogP) is 2.45. The van der Waals surface area contributed by atoms with Gasteiger partial charge in [-0.25, -0.2) is 0 Å². The van der Waals surface area contributed by atoms with Gasteiger partial charge in [-0.3, -0.25) is 4.79 Å². The Morgan fingerprint density at radius 3 is 2.82 bits per heavy atom. The van der Waals surface area contributed by atoms with Gasteiger partial charge in [-0.1, -0.05) is 0 Å². The van der Waals surface area contributed by atoms with E-state index < -0.39 is 0 Å². The summed E-state index contributed by atoms with van der Waals surface area (Å²) in [6.07, 6.45) is 2.13. The van der Waals surface area contributed by atoms with Gasteiger partial charge in [-0.2, -0.15) is 0 Å². The lowest BCUT2D eigenvalue weighted by Crippen LogP contribution is -2.26. The average molecular weight is 345 g/mol. The van der Waals surface area contributed by atoms with E-state index in [1.54, 1.807) is 0 Å². The fourth-order valence-electron chi connectivity index (χ4n) is 1.90. The lowest BCUT2D eigenvalue weighted by Gasteiger charge is -2.08. The summed E-state index contributed by atoms with van der Waals surface area (Å²) in [5.74, 6) is 0.632. The third-order valence-electron chi connectivity index (χ3n) is 2.97. The number of ether oxygens (including phenoxy) is 1. The molecule has 0 aromatic heterocycles. The van der Waals surface area contributed by atoms with Gasteiger partial charge in [0.1, 0.15) is 0 Å². The number of hydrogen-bond donors (Lipinski definition) is 1. The van der Waals surface area contributed by atoms with E-state index in [0.717, 1.165) is 41.7 Å². The fraction of sp³-hybridized carbons (Fsp3) is 0.462. The standard InChI is InChI=1S/C13H16INO2/c14-12-3-1-11(2-4-12)13(16)15-7-5-10-6-8-17-9-10/h1-4,10H,5-9H2,(H,15,16). The molecule has 92 valence electrons. The molecule has 1 fully saturated rings. The Kier molecular flexibility index (Phi) is 4.79. The first kappa shape index (κ1) is 12.8. The third-order valence-corrected chi connectivity index (χ3v) is 3.69. The first-order valence-electron chi connectivity index (χ1n) is 5.87. The largest absolute Gasteiger partial charge is 0.381 e. The van der Waals surface area contributed by atoms with Gasteiger partial charge in [0.15, 0.2) is 0 Å². The third kappa shape index (κ3) is 3.96. The van der Waals surface area contributed by atoms with E-state index in [2.05, 4.69) is 27.9 Å². The van der Waals surface area contributed by atoms with Crippen molar-refractivity contribution in [2.75, 3.05) is 19.8 Å². The second-order valence-corrected chi connectivity index (χ2v) is 5.53. The molecule has 1 saturated heterocycles. The topological polar surface area (TPSA) is 38.3 Å². The lowest BCUT2D eigenvalue weighted by atomic mass is 10.1. The monoisotopic (exact) mass is 345 g/mol. The molecular formula is C13H16INO2. The van der Waals surface area contributed by atoms with Gasteiger partial charge >= 0.3 is 0 Å². The van der Waals surface area contributed by atoms with Crippen molar-refractivity contribution in [1.82, 2.24) is 5.32 Å². The summed E-state index contributed by atoms with van der Waals surface area (Å²) in [4.78, 5) is 11.8. The van der Waals surface area contributed by atoms with Crippen molar-refractivity contribution in [3.8, 4) is 0 Å². The van der Waals surface area contributed by atoms with Crippen molar-refractivity contribution in [3.05, 3.63) is 33.4 Å². The van der Waals surface area contributed by atoms with Crippen molar-refractivity contribution in [2.24, 2.45) is 5.92 Å². The van der Waals surface area contributed by atoms with Crippen LogP contribution < -0.4 is 5.32 Å². The Hall–Kier alpha value is -0.620. The molecule has 1 aliphatic rings. The molecule has 1 aromatic carbocycles. The molecule has 1 heterocycles. The highest BCUT2D eigenvalue weighted by Gasteiger charge is 2.15. The molecule has 0 saturated carbocycles. The Morgan fingerprint density at radius 2 is 2.18 bits per heavy atom. The summed E-state index contributed by atoms with van der Waals surface area (Å²) >= 11 is 2.23. The van der Waals surface area contributed by atoms with Crippen LogP contribution in [0.4, 0.5) is 0 Å². The number of hydrogen-bond acceptors (Lipinski definition) is 2. The first-order valence-corrected chi connectivity index (χ1v) is 6.95. The molecule has 3 nitrogen and oxygen atoms in total. The van der Waals surface area contributed by atoms with E-state index in [0.29, 0.717) is 5.92 Å². The molecule has 0 bridgehead atoms. The maximum atomic E-state index is 11.8. The van der Waals surface area contributed by atoms with E-state index in [4.69, 9.17) is 4.74 Å². The highest BCUT2D eigenvalue weighted by atomic mass is 127. The van der Waals surface area contributed by atoms with E-state index in [1.165, 1.54) is 0 Å². The van der Waals surface area contributed by atoms with E-state index in [1.807, 2.05) is 24.3 Å². The number of benzene rings is 1. The van der Waals surface area contributed by atoms with Gasteiger partial charge in [0.2, 0.25) is 0 Å². The average Bonchev–Trinajstić information content (AvgIpc) is 2.83. The Bertz CT molecular complexity index is 372. The van der Waals surface area contributed by atoms with Gasteiger partial charge < -0.3 is 10.1 Å². The Morgan fingerprint density at radius 1 is 1.41 bits per heavy atom. The normalized spacial score (nSPS) is 19.2. The summed E-state index contributed by atoms with van der Waals surface area (Å²) in [6, 6.07) is 7.60. The van der Waals surface area contributed by atoms with Crippen LogP contribution in [0.1, 0.15) is 23.2 Å². The number of halogens is 1. The zero-order valence-electron chi connectivity index (χ0n) is 9.62.